The minimum atomic E-state index is -0.954. The van der Waals surface area contributed by atoms with Crippen LogP contribution in [0.1, 0.15) is 259 Å². The Balaban J connectivity index is -0.000000276. The first-order chi connectivity index (χ1) is 34.4. The zero-order valence-electron chi connectivity index (χ0n) is 46.0. The van der Waals surface area contributed by atoms with E-state index in [1.807, 2.05) is 0 Å². The molecule has 1 atom stereocenters. The van der Waals surface area contributed by atoms with Crippen molar-refractivity contribution < 1.29 is 55.2 Å². The van der Waals surface area contributed by atoms with Crippen molar-refractivity contribution in [2.24, 2.45) is 0 Å². The van der Waals surface area contributed by atoms with Gasteiger partial charge < -0.3 is 40.9 Å². The van der Waals surface area contributed by atoms with Crippen LogP contribution in [0.2, 0.25) is 0 Å². The van der Waals surface area contributed by atoms with Crippen LogP contribution in [0.15, 0.2) is 72.9 Å². The molecule has 0 bridgehead atoms. The molecule has 11 nitrogen and oxygen atoms in total. The van der Waals surface area contributed by atoms with Crippen molar-refractivity contribution in [3.63, 3.8) is 0 Å². The zero-order chi connectivity index (χ0) is 53.9. The summed E-state index contributed by atoms with van der Waals surface area (Å²) in [6, 6.07) is 0. The summed E-state index contributed by atoms with van der Waals surface area (Å²) in [6.45, 7) is 7.36. The number of aliphatic carboxylic acids is 3. The summed E-state index contributed by atoms with van der Waals surface area (Å²) in [5.74, 6) is -2.01. The van der Waals surface area contributed by atoms with Crippen LogP contribution < -0.4 is 0 Å². The molecule has 0 spiro atoms. The number of rotatable bonds is 45. The molecule has 0 rings (SSSR count). The molecule has 0 aliphatic rings. The first-order valence-electron chi connectivity index (χ1n) is 28.1. The molecular weight excluding hydrogens is 897 g/mol. The number of carbonyl (C=O) groups is 3. The maximum atomic E-state index is 10.3. The Kier molecular flexibility index (Phi) is 78.9. The van der Waals surface area contributed by atoms with Crippen LogP contribution in [0.3, 0.4) is 0 Å². The maximum absolute atomic E-state index is 10.3. The van der Waals surface area contributed by atoms with Gasteiger partial charge in [0.15, 0.2) is 0 Å². The van der Waals surface area contributed by atoms with Gasteiger partial charge in [-0.15, -0.1) is 0 Å². The van der Waals surface area contributed by atoms with Gasteiger partial charge in [0.2, 0.25) is 0 Å². The fourth-order valence-electron chi connectivity index (χ4n) is 6.32. The van der Waals surface area contributed by atoms with Crippen molar-refractivity contribution in [1.82, 2.24) is 0 Å². The molecule has 0 aromatic heterocycles. The van der Waals surface area contributed by atoms with E-state index >= 15 is 0 Å². The molecule has 8 N–H and O–H groups in total. The van der Waals surface area contributed by atoms with E-state index in [2.05, 4.69) is 93.7 Å². The van der Waals surface area contributed by atoms with Crippen LogP contribution >= 0.6 is 0 Å². The van der Waals surface area contributed by atoms with Crippen LogP contribution in [0.4, 0.5) is 0 Å². The van der Waals surface area contributed by atoms with Gasteiger partial charge in [-0.2, -0.15) is 0 Å². The summed E-state index contributed by atoms with van der Waals surface area (Å²) in [4.78, 5) is 31.0. The number of hydrogen-bond acceptors (Lipinski definition) is 8. The average molecular weight is 1010 g/mol. The van der Waals surface area contributed by atoms with Crippen molar-refractivity contribution in [1.29, 1.82) is 0 Å². The summed E-state index contributed by atoms with van der Waals surface area (Å²) < 4.78 is 0. The summed E-state index contributed by atoms with van der Waals surface area (Å²) >= 11 is 0. The van der Waals surface area contributed by atoms with Gasteiger partial charge in [-0.25, -0.2) is 0 Å². The van der Waals surface area contributed by atoms with Gasteiger partial charge in [0.1, 0.15) is 6.10 Å². The highest BCUT2D eigenvalue weighted by atomic mass is 16.4. The number of allylic oxidation sites excluding steroid dienone is 12. The lowest BCUT2D eigenvalue weighted by Crippen LogP contribution is -2.15. The molecule has 0 aromatic carbocycles. The normalized spacial score (nSPS) is 11.7. The lowest BCUT2D eigenvalue weighted by molar-refractivity contribution is -0.138. The third kappa shape index (κ3) is 96.8. The molecule has 0 saturated heterocycles. The molecule has 0 amide bonds. The number of unbranched alkanes of at least 4 members (excludes halogenated alkanes) is 24. The highest BCUT2D eigenvalue weighted by molar-refractivity contribution is 5.67. The van der Waals surface area contributed by atoms with E-state index in [0.29, 0.717) is 19.3 Å². The third-order valence-electron chi connectivity index (χ3n) is 10.7. The van der Waals surface area contributed by atoms with Crippen molar-refractivity contribution in [3.05, 3.63) is 72.9 Å². The Bertz CT molecular complexity index is 1090. The summed E-state index contributed by atoms with van der Waals surface area (Å²) in [5.41, 5.74) is 0. The van der Waals surface area contributed by atoms with Crippen LogP contribution in [0.25, 0.3) is 0 Å². The lowest BCUT2D eigenvalue weighted by atomic mass is 10.1. The predicted molar refractivity (Wildman–Crippen MR) is 300 cm³/mol. The van der Waals surface area contributed by atoms with Crippen LogP contribution in [-0.4, -0.2) is 90.8 Å². The summed E-state index contributed by atoms with van der Waals surface area (Å²) in [5, 5.41) is 65.5. The molecule has 0 aromatic rings. The van der Waals surface area contributed by atoms with Crippen molar-refractivity contribution in [2.45, 2.75) is 271 Å². The van der Waals surface area contributed by atoms with Crippen LogP contribution in [0, 0.1) is 0 Å². The number of carboxylic acid groups (broad SMARTS) is 3. The molecule has 418 valence electrons. The third-order valence-corrected chi connectivity index (χ3v) is 10.7. The van der Waals surface area contributed by atoms with Gasteiger partial charge in [-0.05, 0) is 122 Å². The second kappa shape index (κ2) is 73.2. The molecule has 0 saturated carbocycles. The average Bonchev–Trinajstić information content (AvgIpc) is 3.35. The number of aliphatic hydroxyl groups is 5. The molecule has 11 heteroatoms. The Morgan fingerprint density at radius 2 is 0.521 bits per heavy atom. The fourth-order valence-corrected chi connectivity index (χ4v) is 6.32. The molecule has 0 fully saturated rings. The Morgan fingerprint density at radius 3 is 0.690 bits per heavy atom. The van der Waals surface area contributed by atoms with E-state index in [1.54, 1.807) is 0 Å². The van der Waals surface area contributed by atoms with Crippen molar-refractivity contribution in [2.75, 3.05) is 19.8 Å². The highest BCUT2D eigenvalue weighted by Gasteiger charge is 1.98. The lowest BCUT2D eigenvalue weighted by Gasteiger charge is -1.98. The number of hydrogen-bond donors (Lipinski definition) is 8. The van der Waals surface area contributed by atoms with E-state index in [9.17, 15) is 14.4 Å². The quantitative estimate of drug-likeness (QED) is 0.0212. The Morgan fingerprint density at radius 1 is 0.324 bits per heavy atom. The minimum absolute atomic E-state index is 0.139. The number of aliphatic hydroxyl groups excluding tert-OH is 5. The molecular formula is C60H112O11. The highest BCUT2D eigenvalue weighted by Crippen LogP contribution is 2.11. The summed E-state index contributed by atoms with van der Waals surface area (Å²) in [6.07, 6.45) is 65.3. The van der Waals surface area contributed by atoms with Crippen molar-refractivity contribution in [3.8, 4) is 0 Å². The van der Waals surface area contributed by atoms with E-state index in [0.717, 1.165) is 77.0 Å². The van der Waals surface area contributed by atoms with Crippen LogP contribution in [0.5, 0.6) is 0 Å². The molecule has 1 unspecified atom stereocenters. The first-order valence-corrected chi connectivity index (χ1v) is 28.1. The number of carboxylic acids is 3. The molecule has 0 aliphatic carbocycles. The van der Waals surface area contributed by atoms with Crippen LogP contribution in [-0.2, 0) is 14.4 Å². The predicted octanol–water partition coefficient (Wildman–Crippen LogP) is 15.3. The Hall–Kier alpha value is -3.35. The molecule has 0 heterocycles. The topological polar surface area (TPSA) is 213 Å². The first kappa shape index (κ1) is 76.6. The molecule has 0 radical (unpaired) electrons. The van der Waals surface area contributed by atoms with Gasteiger partial charge in [0.05, 0.1) is 25.9 Å². The van der Waals surface area contributed by atoms with Gasteiger partial charge in [0, 0.05) is 19.3 Å². The molecule has 0 aliphatic heterocycles. The monoisotopic (exact) mass is 1010 g/mol. The minimum Gasteiger partial charge on any atom is -0.481 e. The van der Waals surface area contributed by atoms with Crippen molar-refractivity contribution >= 4 is 17.9 Å². The van der Waals surface area contributed by atoms with Gasteiger partial charge >= 0.3 is 17.9 Å². The zero-order valence-corrected chi connectivity index (χ0v) is 46.0. The van der Waals surface area contributed by atoms with Gasteiger partial charge in [-0.3, -0.25) is 14.4 Å². The Labute approximate surface area is 435 Å². The van der Waals surface area contributed by atoms with E-state index in [4.69, 9.17) is 40.9 Å². The molecule has 71 heavy (non-hydrogen) atoms. The largest absolute Gasteiger partial charge is 0.481 e. The summed E-state index contributed by atoms with van der Waals surface area (Å²) in [7, 11) is 0. The second-order valence-corrected chi connectivity index (χ2v) is 18.2. The standard InChI is InChI=1S/3C18H32O2.C3H8O3.C3H8O2/c3*1-2-3-4-5-6-7-8-9-10-11-12-13-14-15-16-17-18(19)20;4-1-3(6)2-5;1-3(5)2-4/h3*6-7,9-10H,2-5,8,11-17H2,1H3,(H,19,20);3-6H,1-2H2;3-5H,2H2,1H3/b3*7-6-,10-9-;;. The van der Waals surface area contributed by atoms with E-state index in [-0.39, 0.29) is 19.8 Å². The van der Waals surface area contributed by atoms with E-state index in [1.165, 1.54) is 142 Å². The van der Waals surface area contributed by atoms with E-state index < -0.39 is 30.1 Å². The van der Waals surface area contributed by atoms with Gasteiger partial charge in [0.25, 0.3) is 0 Å². The van der Waals surface area contributed by atoms with Gasteiger partial charge in [-0.1, -0.05) is 190 Å². The maximum Gasteiger partial charge on any atom is 0.303 e. The smallest absolute Gasteiger partial charge is 0.303 e. The SMILES string of the molecule is CC(O)CO.CCCCC/C=C\C/C=C\CCCCCCCC(=O)O.CCCCC/C=C\C/C=C\CCCCCCCC(=O)O.CCCCC/C=C\C/C=C\CCCCCCCC(=O)O.OCC(O)CO. The second-order valence-electron chi connectivity index (χ2n) is 18.2. The fraction of sp³-hybridized carbons (Fsp3) is 0.750.